The van der Waals surface area contributed by atoms with E-state index in [1.165, 1.54) is 0 Å². The molecule has 0 heterocycles. The fourth-order valence-electron chi connectivity index (χ4n) is 0.101. The maximum absolute atomic E-state index is 7.74. The van der Waals surface area contributed by atoms with E-state index >= 15 is 0 Å². The number of nitrogens with one attached hydrogen (secondary N) is 1. The van der Waals surface area contributed by atoms with Crippen LogP contribution in [0, 0.1) is 5.41 Å². The van der Waals surface area contributed by atoms with Crippen molar-refractivity contribution in [3.63, 3.8) is 0 Å². The van der Waals surface area contributed by atoms with Gasteiger partial charge in [0.15, 0.2) is 0 Å². The zero-order chi connectivity index (χ0) is 7.49. The molecule has 9 heavy (non-hydrogen) atoms. The molecule has 0 spiro atoms. The van der Waals surface area contributed by atoms with Crippen molar-refractivity contribution in [3.8, 4) is 0 Å². The fraction of sp³-hybridized carbons (Fsp3) is 0.500. The van der Waals surface area contributed by atoms with Crippen LogP contribution in [0.5, 0.6) is 0 Å². The molecule has 0 aliphatic carbocycles. The lowest BCUT2D eigenvalue weighted by molar-refractivity contribution is 1.32. The molecule has 0 radical (unpaired) electrons. The van der Waals surface area contributed by atoms with Crippen LogP contribution in [0.3, 0.4) is 0 Å². The Kier molecular flexibility index (Phi) is 3.08. The summed E-state index contributed by atoms with van der Waals surface area (Å²) in [4.78, 5) is 2.25. The molecule has 0 saturated heterocycles. The highest BCUT2D eigenvalue weighted by Gasteiger charge is 2.24. The maximum atomic E-state index is 7.74. The molecule has 0 aliphatic heterocycles. The third kappa shape index (κ3) is 3.43. The Bertz CT molecular complexity index is 163. The summed E-state index contributed by atoms with van der Waals surface area (Å²) in [6, 6.07) is 0. The summed E-state index contributed by atoms with van der Waals surface area (Å²) < 4.78 is -1.91. The lowest BCUT2D eigenvalue weighted by Crippen LogP contribution is -2.13. The minimum atomic E-state index is -1.91. The summed E-state index contributed by atoms with van der Waals surface area (Å²) in [6.07, 6.45) is 0. The lowest BCUT2D eigenvalue weighted by Gasteiger charge is -2.04. The van der Waals surface area contributed by atoms with Crippen LogP contribution in [0.25, 0.3) is 10.4 Å². The SMILES string of the molecule is [N-]=[N+]=NC(=N)C(Cl)(Cl)Cl. The highest BCUT2D eigenvalue weighted by Crippen LogP contribution is 2.27. The summed E-state index contributed by atoms with van der Waals surface area (Å²) >= 11 is 15.3. The van der Waals surface area contributed by atoms with Crippen molar-refractivity contribution in [2.45, 2.75) is 3.79 Å². The number of amidine groups is 1. The van der Waals surface area contributed by atoms with Crippen LogP contribution in [-0.2, 0) is 0 Å². The molecule has 0 rings (SSSR count). The Labute approximate surface area is 65.8 Å². The van der Waals surface area contributed by atoms with Gasteiger partial charge in [-0.15, -0.1) is 0 Å². The van der Waals surface area contributed by atoms with Gasteiger partial charge in [-0.3, -0.25) is 5.41 Å². The average molecular weight is 187 g/mol. The van der Waals surface area contributed by atoms with Gasteiger partial charge >= 0.3 is 0 Å². The quantitative estimate of drug-likeness (QED) is 0.151. The summed E-state index contributed by atoms with van der Waals surface area (Å²) in [5.41, 5.74) is 7.74. The summed E-state index contributed by atoms with van der Waals surface area (Å²) in [7, 11) is 0. The van der Waals surface area contributed by atoms with Gasteiger partial charge in [0, 0.05) is 4.91 Å². The summed E-state index contributed by atoms with van der Waals surface area (Å²) in [5.74, 6) is -0.630. The number of azide groups is 1. The van der Waals surface area contributed by atoms with Crippen LogP contribution in [0.15, 0.2) is 5.11 Å². The number of hydrogen-bond acceptors (Lipinski definition) is 1. The van der Waals surface area contributed by atoms with Crippen LogP contribution >= 0.6 is 34.8 Å². The number of hydrogen-bond donors (Lipinski definition) is 1. The zero-order valence-corrected chi connectivity index (χ0v) is 6.24. The maximum Gasteiger partial charge on any atom is 0.234 e. The predicted octanol–water partition coefficient (Wildman–Crippen LogP) is 2.64. The van der Waals surface area contributed by atoms with Crippen molar-refractivity contribution in [3.05, 3.63) is 10.4 Å². The minimum absolute atomic E-state index is 0.630. The molecule has 0 atom stereocenters. The van der Waals surface area contributed by atoms with Gasteiger partial charge in [-0.1, -0.05) is 34.8 Å². The predicted molar refractivity (Wildman–Crippen MR) is 37.2 cm³/mol. The van der Waals surface area contributed by atoms with Crippen molar-refractivity contribution < 1.29 is 0 Å². The molecule has 0 aromatic rings. The first-order valence-electron chi connectivity index (χ1n) is 1.69. The van der Waals surface area contributed by atoms with E-state index < -0.39 is 9.63 Å². The van der Waals surface area contributed by atoms with Gasteiger partial charge in [-0.05, 0) is 10.6 Å². The van der Waals surface area contributed by atoms with E-state index in [1.54, 1.807) is 0 Å². The minimum Gasteiger partial charge on any atom is -0.299 e. The molecule has 0 aromatic carbocycles. The second-order valence-electron chi connectivity index (χ2n) is 1.04. The van der Waals surface area contributed by atoms with Gasteiger partial charge in [-0.2, -0.15) is 0 Å². The van der Waals surface area contributed by atoms with Crippen LogP contribution < -0.4 is 0 Å². The second-order valence-corrected chi connectivity index (χ2v) is 3.32. The third-order valence-corrected chi connectivity index (χ3v) is 0.950. The monoisotopic (exact) mass is 186 g/mol. The molecule has 0 fully saturated rings. The van der Waals surface area contributed by atoms with Crippen LogP contribution in [0.2, 0.25) is 0 Å². The van der Waals surface area contributed by atoms with E-state index in [2.05, 4.69) is 10.0 Å². The summed E-state index contributed by atoms with van der Waals surface area (Å²) in [5, 5.41) is 9.49. The van der Waals surface area contributed by atoms with Crippen LogP contribution in [0.1, 0.15) is 0 Å². The van der Waals surface area contributed by atoms with Crippen LogP contribution in [0.4, 0.5) is 0 Å². The molecule has 1 N–H and O–H groups in total. The van der Waals surface area contributed by atoms with Crippen molar-refractivity contribution in [2.24, 2.45) is 5.11 Å². The average Bonchev–Trinajstić information content (AvgIpc) is 1.64. The second kappa shape index (κ2) is 3.13. The molecule has 0 saturated carbocycles. The standard InChI is InChI=1S/C2HCl3N4/c3-2(4,5)1(6)8-9-7/h6H. The Morgan fingerprint density at radius 1 is 1.56 bits per heavy atom. The first-order valence-corrected chi connectivity index (χ1v) is 2.82. The van der Waals surface area contributed by atoms with Crippen molar-refractivity contribution in [1.29, 1.82) is 5.41 Å². The normalized spacial score (nSPS) is 10.1. The number of halogens is 3. The van der Waals surface area contributed by atoms with E-state index in [1.807, 2.05) is 0 Å². The first kappa shape index (κ1) is 8.85. The number of rotatable bonds is 0. The number of alkyl halides is 3. The summed E-state index contributed by atoms with van der Waals surface area (Å²) in [6.45, 7) is 0. The van der Waals surface area contributed by atoms with Gasteiger partial charge < -0.3 is 0 Å². The van der Waals surface area contributed by atoms with E-state index in [0.29, 0.717) is 0 Å². The smallest absolute Gasteiger partial charge is 0.234 e. The Morgan fingerprint density at radius 2 is 2.00 bits per heavy atom. The Balaban J connectivity index is 4.22. The molecule has 4 nitrogen and oxygen atoms in total. The lowest BCUT2D eigenvalue weighted by atomic mass is 10.7. The van der Waals surface area contributed by atoms with Gasteiger partial charge in [-0.25, -0.2) is 0 Å². The van der Waals surface area contributed by atoms with Gasteiger partial charge in [0.2, 0.25) is 3.79 Å². The molecular weight excluding hydrogens is 186 g/mol. The Hall–Kier alpha value is -0.150. The molecular formula is C2HCl3N4. The van der Waals surface area contributed by atoms with E-state index in [-0.39, 0.29) is 0 Å². The van der Waals surface area contributed by atoms with Crippen LogP contribution in [-0.4, -0.2) is 9.63 Å². The van der Waals surface area contributed by atoms with Crippen molar-refractivity contribution >= 4 is 40.6 Å². The fourth-order valence-corrected chi connectivity index (χ4v) is 0.215. The zero-order valence-electron chi connectivity index (χ0n) is 3.98. The number of nitrogens with zero attached hydrogens (tertiary/aromatic N) is 3. The topological polar surface area (TPSA) is 72.6 Å². The molecule has 0 aromatic heterocycles. The third-order valence-electron chi connectivity index (χ3n) is 0.413. The molecule has 0 unspecified atom stereocenters. The highest BCUT2D eigenvalue weighted by atomic mass is 35.6. The highest BCUT2D eigenvalue weighted by molar-refractivity contribution is 6.76. The van der Waals surface area contributed by atoms with E-state index in [9.17, 15) is 0 Å². The molecule has 50 valence electrons. The van der Waals surface area contributed by atoms with E-state index in [0.717, 1.165) is 0 Å². The molecule has 0 bridgehead atoms. The van der Waals surface area contributed by atoms with Gasteiger partial charge in [0.25, 0.3) is 0 Å². The first-order chi connectivity index (χ1) is 3.98. The molecule has 0 amide bonds. The van der Waals surface area contributed by atoms with Crippen molar-refractivity contribution in [1.82, 2.24) is 0 Å². The van der Waals surface area contributed by atoms with Crippen molar-refractivity contribution in [2.75, 3.05) is 0 Å². The molecule has 0 aliphatic rings. The van der Waals surface area contributed by atoms with Gasteiger partial charge in [0.05, 0.1) is 0 Å². The van der Waals surface area contributed by atoms with Gasteiger partial charge in [0.1, 0.15) is 5.84 Å². The molecule has 7 heteroatoms. The largest absolute Gasteiger partial charge is 0.299 e. The Morgan fingerprint density at radius 3 is 2.11 bits per heavy atom. The van der Waals surface area contributed by atoms with E-state index in [4.69, 9.17) is 45.7 Å².